The van der Waals surface area contributed by atoms with E-state index in [1.54, 1.807) is 24.3 Å². The van der Waals surface area contributed by atoms with Gasteiger partial charge in [0.15, 0.2) is 6.61 Å². The number of halogens is 1. The minimum absolute atomic E-state index is 0.212. The molecule has 2 rings (SSSR count). The second kappa shape index (κ2) is 9.94. The molecule has 0 heterocycles. The SMILES string of the molecule is COc1ccc(C(=O)NCC(=O)OCC(=O)Nc2cc(Cl)ccc2C#N)cc1. The van der Waals surface area contributed by atoms with Gasteiger partial charge in [-0.25, -0.2) is 0 Å². The largest absolute Gasteiger partial charge is 0.497 e. The van der Waals surface area contributed by atoms with Crippen molar-refractivity contribution in [2.24, 2.45) is 0 Å². The average molecular weight is 402 g/mol. The molecule has 2 aromatic carbocycles. The summed E-state index contributed by atoms with van der Waals surface area (Å²) in [5, 5.41) is 14.2. The molecule has 0 aromatic heterocycles. The monoisotopic (exact) mass is 401 g/mol. The lowest BCUT2D eigenvalue weighted by molar-refractivity contribution is -0.146. The van der Waals surface area contributed by atoms with E-state index in [9.17, 15) is 14.4 Å². The lowest BCUT2D eigenvalue weighted by atomic mass is 10.2. The van der Waals surface area contributed by atoms with Crippen LogP contribution in [-0.2, 0) is 14.3 Å². The zero-order valence-corrected chi connectivity index (χ0v) is 15.6. The Labute approximate surface area is 166 Å². The van der Waals surface area contributed by atoms with Crippen LogP contribution in [0.25, 0.3) is 0 Å². The Bertz CT molecular complexity index is 922. The summed E-state index contributed by atoms with van der Waals surface area (Å²) in [6, 6.07) is 12.6. The number of methoxy groups -OCH3 is 1. The Morgan fingerprint density at radius 1 is 1.14 bits per heavy atom. The van der Waals surface area contributed by atoms with Gasteiger partial charge in [0.05, 0.1) is 18.4 Å². The van der Waals surface area contributed by atoms with Gasteiger partial charge in [-0.05, 0) is 42.5 Å². The molecule has 8 nitrogen and oxygen atoms in total. The summed E-state index contributed by atoms with van der Waals surface area (Å²) in [5.41, 5.74) is 0.774. The fourth-order valence-corrected chi connectivity index (χ4v) is 2.27. The smallest absolute Gasteiger partial charge is 0.325 e. The number of nitrogens with one attached hydrogen (secondary N) is 2. The van der Waals surface area contributed by atoms with Gasteiger partial charge in [0.25, 0.3) is 11.8 Å². The molecular formula is C19H16ClN3O5. The lowest BCUT2D eigenvalue weighted by Crippen LogP contribution is -2.32. The van der Waals surface area contributed by atoms with E-state index in [2.05, 4.69) is 10.6 Å². The van der Waals surface area contributed by atoms with Crippen molar-refractivity contribution in [3.05, 3.63) is 58.6 Å². The summed E-state index contributed by atoms with van der Waals surface area (Å²) in [6.45, 7) is -0.979. The third kappa shape index (κ3) is 6.00. The third-order valence-corrected chi connectivity index (χ3v) is 3.72. The van der Waals surface area contributed by atoms with E-state index in [0.717, 1.165) is 0 Å². The molecule has 144 valence electrons. The van der Waals surface area contributed by atoms with E-state index in [1.807, 2.05) is 6.07 Å². The van der Waals surface area contributed by atoms with Crippen LogP contribution in [0.2, 0.25) is 5.02 Å². The molecule has 28 heavy (non-hydrogen) atoms. The molecule has 0 bridgehead atoms. The molecule has 0 fully saturated rings. The first-order valence-corrected chi connectivity index (χ1v) is 8.38. The average Bonchev–Trinajstić information content (AvgIpc) is 2.70. The van der Waals surface area contributed by atoms with Crippen molar-refractivity contribution in [1.29, 1.82) is 5.26 Å². The molecule has 0 radical (unpaired) electrons. The van der Waals surface area contributed by atoms with Gasteiger partial charge in [0, 0.05) is 10.6 Å². The van der Waals surface area contributed by atoms with Gasteiger partial charge in [-0.15, -0.1) is 0 Å². The minimum atomic E-state index is -0.788. The van der Waals surface area contributed by atoms with E-state index < -0.39 is 30.9 Å². The number of hydrogen-bond donors (Lipinski definition) is 2. The van der Waals surface area contributed by atoms with Gasteiger partial charge >= 0.3 is 5.97 Å². The number of carbonyl (C=O) groups is 3. The third-order valence-electron chi connectivity index (χ3n) is 3.49. The maximum Gasteiger partial charge on any atom is 0.325 e. The minimum Gasteiger partial charge on any atom is -0.497 e. The summed E-state index contributed by atoms with van der Waals surface area (Å²) in [5.74, 6) is -1.31. The van der Waals surface area contributed by atoms with Gasteiger partial charge in [-0.1, -0.05) is 11.6 Å². The zero-order valence-electron chi connectivity index (χ0n) is 14.8. The number of carbonyl (C=O) groups excluding carboxylic acids is 3. The second-order valence-corrected chi connectivity index (χ2v) is 5.86. The van der Waals surface area contributed by atoms with Crippen LogP contribution in [0.1, 0.15) is 15.9 Å². The Morgan fingerprint density at radius 3 is 2.50 bits per heavy atom. The van der Waals surface area contributed by atoms with Gasteiger partial charge in [-0.3, -0.25) is 14.4 Å². The van der Waals surface area contributed by atoms with Crippen LogP contribution in [0.3, 0.4) is 0 Å². The van der Waals surface area contributed by atoms with E-state index in [-0.39, 0.29) is 11.3 Å². The van der Waals surface area contributed by atoms with Gasteiger partial charge in [0.1, 0.15) is 18.4 Å². The molecular weight excluding hydrogens is 386 g/mol. The normalized spacial score (nSPS) is 9.75. The predicted molar refractivity (Wildman–Crippen MR) is 101 cm³/mol. The van der Waals surface area contributed by atoms with Crippen LogP contribution in [0.5, 0.6) is 5.75 Å². The number of nitrogens with zero attached hydrogens (tertiary/aromatic N) is 1. The molecule has 2 aromatic rings. The number of benzene rings is 2. The zero-order chi connectivity index (χ0) is 20.5. The van der Waals surface area contributed by atoms with Crippen molar-refractivity contribution in [1.82, 2.24) is 5.32 Å². The van der Waals surface area contributed by atoms with E-state index in [4.69, 9.17) is 26.3 Å². The van der Waals surface area contributed by atoms with E-state index in [0.29, 0.717) is 16.3 Å². The van der Waals surface area contributed by atoms with Gasteiger partial charge in [0.2, 0.25) is 0 Å². The molecule has 2 N–H and O–H groups in total. The molecule has 0 saturated carbocycles. The molecule has 0 aliphatic carbocycles. The van der Waals surface area contributed by atoms with Crippen molar-refractivity contribution >= 4 is 35.1 Å². The summed E-state index contributed by atoms with van der Waals surface area (Å²) in [4.78, 5) is 35.5. The predicted octanol–water partition coefficient (Wildman–Crippen LogP) is 2.13. The van der Waals surface area contributed by atoms with Crippen molar-refractivity contribution in [2.45, 2.75) is 0 Å². The molecule has 0 aliphatic rings. The molecule has 0 aliphatic heterocycles. The van der Waals surface area contributed by atoms with Crippen LogP contribution < -0.4 is 15.4 Å². The maximum atomic E-state index is 11.9. The number of nitriles is 1. The summed E-state index contributed by atoms with van der Waals surface area (Å²) in [7, 11) is 1.51. The highest BCUT2D eigenvalue weighted by Gasteiger charge is 2.12. The Hall–Kier alpha value is -3.57. The topological polar surface area (TPSA) is 118 Å². The number of anilines is 1. The number of rotatable bonds is 7. The van der Waals surface area contributed by atoms with Crippen molar-refractivity contribution in [3.63, 3.8) is 0 Å². The van der Waals surface area contributed by atoms with Crippen molar-refractivity contribution < 1.29 is 23.9 Å². The fourth-order valence-electron chi connectivity index (χ4n) is 2.10. The van der Waals surface area contributed by atoms with Crippen LogP contribution in [0.15, 0.2) is 42.5 Å². The molecule has 9 heteroatoms. The van der Waals surface area contributed by atoms with Gasteiger partial charge in [-0.2, -0.15) is 5.26 Å². The quantitative estimate of drug-likeness (QED) is 0.686. The first kappa shape index (κ1) is 20.7. The highest BCUT2D eigenvalue weighted by Crippen LogP contribution is 2.20. The highest BCUT2D eigenvalue weighted by molar-refractivity contribution is 6.31. The standard InChI is InChI=1S/C19H16ClN3O5/c1-27-15-6-3-12(4-7-15)19(26)22-10-18(25)28-11-17(24)23-16-8-14(20)5-2-13(16)9-21/h2-8H,10-11H2,1H3,(H,22,26)(H,23,24). The first-order valence-electron chi connectivity index (χ1n) is 8.00. The lowest BCUT2D eigenvalue weighted by Gasteiger charge is -2.09. The van der Waals surface area contributed by atoms with Crippen LogP contribution in [-0.4, -0.2) is 38.0 Å². The second-order valence-electron chi connectivity index (χ2n) is 5.42. The summed E-state index contributed by atoms with van der Waals surface area (Å²) >= 11 is 5.83. The first-order chi connectivity index (χ1) is 13.4. The van der Waals surface area contributed by atoms with E-state index in [1.165, 1.54) is 25.3 Å². The Kier molecular flexibility index (Phi) is 7.37. The molecule has 0 atom stereocenters. The van der Waals surface area contributed by atoms with Crippen molar-refractivity contribution in [3.8, 4) is 11.8 Å². The molecule has 2 amide bonds. The fraction of sp³-hybridized carbons (Fsp3) is 0.158. The van der Waals surface area contributed by atoms with Gasteiger partial charge < -0.3 is 20.1 Å². The number of ether oxygens (including phenoxy) is 2. The maximum absolute atomic E-state index is 11.9. The Morgan fingerprint density at radius 2 is 1.86 bits per heavy atom. The number of amides is 2. The highest BCUT2D eigenvalue weighted by atomic mass is 35.5. The van der Waals surface area contributed by atoms with Crippen LogP contribution in [0, 0.1) is 11.3 Å². The molecule has 0 saturated heterocycles. The molecule has 0 unspecified atom stereocenters. The Balaban J connectivity index is 1.79. The van der Waals surface area contributed by atoms with Crippen LogP contribution >= 0.6 is 11.6 Å². The van der Waals surface area contributed by atoms with Crippen LogP contribution in [0.4, 0.5) is 5.69 Å². The van der Waals surface area contributed by atoms with E-state index >= 15 is 0 Å². The van der Waals surface area contributed by atoms with Crippen molar-refractivity contribution in [2.75, 3.05) is 25.6 Å². The number of hydrogen-bond acceptors (Lipinski definition) is 6. The summed E-state index contributed by atoms with van der Waals surface area (Å²) in [6.07, 6.45) is 0. The molecule has 0 spiro atoms. The summed E-state index contributed by atoms with van der Waals surface area (Å²) < 4.78 is 9.80. The number of esters is 1.